The van der Waals surface area contributed by atoms with E-state index in [1.165, 1.54) is 18.2 Å². The number of hydrogen-bond acceptors (Lipinski definition) is 4. The van der Waals surface area contributed by atoms with Crippen LogP contribution in [0.5, 0.6) is 0 Å². The lowest BCUT2D eigenvalue weighted by atomic mass is 9.91. The van der Waals surface area contributed by atoms with Crippen LogP contribution in [0.2, 0.25) is 5.02 Å². The largest absolute Gasteiger partial charge is 0.448 e. The Hall–Kier alpha value is -1.92. The fourth-order valence-corrected chi connectivity index (χ4v) is 3.60. The minimum absolute atomic E-state index is 0.0899. The number of carbonyl (C=O) groups excluding carboxylic acids is 1. The van der Waals surface area contributed by atoms with E-state index >= 15 is 0 Å². The Bertz CT molecular complexity index is 803. The highest BCUT2D eigenvalue weighted by atomic mass is 35.5. The second kappa shape index (κ2) is 8.62. The second-order valence-corrected chi connectivity index (χ2v) is 8.89. The van der Waals surface area contributed by atoms with Crippen LogP contribution in [0.25, 0.3) is 0 Å². The lowest BCUT2D eigenvalue weighted by Gasteiger charge is -2.29. The molecule has 1 aliphatic rings. The summed E-state index contributed by atoms with van der Waals surface area (Å²) in [7, 11) is 0. The molecular weight excluding hydrogens is 381 g/mol. The summed E-state index contributed by atoms with van der Waals surface area (Å²) in [5.41, 5.74) is 1.06. The SMILES string of the molecule is CC(C)(C)c1nc(CNC2CCC(NC(=O)c3cc(F)cc(Cl)c3)CC2)co1. The molecule has 0 spiro atoms. The van der Waals surface area contributed by atoms with E-state index in [2.05, 4.69) is 36.4 Å². The average Bonchev–Trinajstić information content (AvgIpc) is 3.10. The molecular formula is C21H27ClFN3O2. The van der Waals surface area contributed by atoms with Crippen molar-refractivity contribution >= 4 is 17.5 Å². The minimum Gasteiger partial charge on any atom is -0.448 e. The molecule has 1 aromatic heterocycles. The van der Waals surface area contributed by atoms with Crippen molar-refractivity contribution in [1.82, 2.24) is 15.6 Å². The third kappa shape index (κ3) is 5.55. The fraction of sp³-hybridized carbons (Fsp3) is 0.524. The molecule has 1 saturated carbocycles. The van der Waals surface area contributed by atoms with Gasteiger partial charge in [-0.05, 0) is 43.9 Å². The lowest BCUT2D eigenvalue weighted by molar-refractivity contribution is 0.0923. The number of benzene rings is 1. The molecule has 5 nitrogen and oxygen atoms in total. The number of nitrogens with one attached hydrogen (secondary N) is 2. The molecule has 1 fully saturated rings. The van der Waals surface area contributed by atoms with Gasteiger partial charge in [-0.3, -0.25) is 4.79 Å². The van der Waals surface area contributed by atoms with Gasteiger partial charge in [-0.1, -0.05) is 32.4 Å². The van der Waals surface area contributed by atoms with Crippen molar-refractivity contribution in [3.05, 3.63) is 52.5 Å². The van der Waals surface area contributed by atoms with E-state index in [0.717, 1.165) is 37.3 Å². The number of halogens is 2. The Balaban J connectivity index is 1.44. The zero-order valence-electron chi connectivity index (χ0n) is 16.5. The van der Waals surface area contributed by atoms with Gasteiger partial charge in [0.15, 0.2) is 5.89 Å². The normalized spacial score (nSPS) is 20.2. The van der Waals surface area contributed by atoms with E-state index in [1.54, 1.807) is 6.26 Å². The molecule has 2 aromatic rings. The van der Waals surface area contributed by atoms with Crippen molar-refractivity contribution in [2.24, 2.45) is 0 Å². The molecule has 0 atom stereocenters. The zero-order valence-corrected chi connectivity index (χ0v) is 17.3. The van der Waals surface area contributed by atoms with Gasteiger partial charge in [0.2, 0.25) is 0 Å². The Morgan fingerprint density at radius 1 is 1.21 bits per heavy atom. The summed E-state index contributed by atoms with van der Waals surface area (Å²) < 4.78 is 19.0. The van der Waals surface area contributed by atoms with Gasteiger partial charge in [0.25, 0.3) is 5.91 Å². The number of nitrogens with zero attached hydrogens (tertiary/aromatic N) is 1. The molecule has 0 radical (unpaired) electrons. The minimum atomic E-state index is -0.506. The van der Waals surface area contributed by atoms with Crippen LogP contribution in [-0.2, 0) is 12.0 Å². The first-order valence-corrected chi connectivity index (χ1v) is 10.0. The zero-order chi connectivity index (χ0) is 20.3. The van der Waals surface area contributed by atoms with Gasteiger partial charge < -0.3 is 15.1 Å². The third-order valence-electron chi connectivity index (χ3n) is 4.95. The van der Waals surface area contributed by atoms with Crippen LogP contribution in [-0.4, -0.2) is 23.0 Å². The van der Waals surface area contributed by atoms with Gasteiger partial charge in [0.1, 0.15) is 12.1 Å². The van der Waals surface area contributed by atoms with E-state index < -0.39 is 5.82 Å². The smallest absolute Gasteiger partial charge is 0.251 e. The molecule has 3 rings (SSSR count). The molecule has 0 unspecified atom stereocenters. The van der Waals surface area contributed by atoms with Crippen LogP contribution in [0.15, 0.2) is 28.9 Å². The Morgan fingerprint density at radius 3 is 2.50 bits per heavy atom. The maximum atomic E-state index is 13.4. The number of rotatable bonds is 5. The van der Waals surface area contributed by atoms with Crippen LogP contribution in [0.3, 0.4) is 0 Å². The van der Waals surface area contributed by atoms with Gasteiger partial charge in [-0.25, -0.2) is 9.37 Å². The van der Waals surface area contributed by atoms with Crippen molar-refractivity contribution in [1.29, 1.82) is 0 Å². The summed E-state index contributed by atoms with van der Waals surface area (Å²) >= 11 is 5.83. The molecule has 0 bridgehead atoms. The van der Waals surface area contributed by atoms with Crippen LogP contribution < -0.4 is 10.6 Å². The maximum Gasteiger partial charge on any atom is 0.251 e. The Labute approximate surface area is 170 Å². The highest BCUT2D eigenvalue weighted by Crippen LogP contribution is 2.23. The molecule has 28 heavy (non-hydrogen) atoms. The molecule has 2 N–H and O–H groups in total. The van der Waals surface area contributed by atoms with Gasteiger partial charge in [-0.2, -0.15) is 0 Å². The monoisotopic (exact) mass is 407 g/mol. The van der Waals surface area contributed by atoms with Gasteiger partial charge >= 0.3 is 0 Å². The number of amides is 1. The van der Waals surface area contributed by atoms with Crippen molar-refractivity contribution in [3.8, 4) is 0 Å². The van der Waals surface area contributed by atoms with Crippen molar-refractivity contribution in [3.63, 3.8) is 0 Å². The first kappa shape index (κ1) is 20.8. The van der Waals surface area contributed by atoms with Gasteiger partial charge in [0.05, 0.1) is 5.69 Å². The summed E-state index contributed by atoms with van der Waals surface area (Å²) in [5, 5.41) is 6.73. The highest BCUT2D eigenvalue weighted by molar-refractivity contribution is 6.31. The predicted molar refractivity (Wildman–Crippen MR) is 107 cm³/mol. The predicted octanol–water partition coefficient (Wildman–Crippen LogP) is 4.60. The van der Waals surface area contributed by atoms with Crippen molar-refractivity contribution < 1.29 is 13.6 Å². The fourth-order valence-electron chi connectivity index (χ4n) is 3.38. The Morgan fingerprint density at radius 2 is 1.89 bits per heavy atom. The summed E-state index contributed by atoms with van der Waals surface area (Å²) in [4.78, 5) is 16.9. The van der Waals surface area contributed by atoms with E-state index in [4.69, 9.17) is 16.0 Å². The van der Waals surface area contributed by atoms with E-state index in [1.807, 2.05) is 0 Å². The standard InChI is InChI=1S/C21H27ClFN3O2/c1-21(2,3)20-26-18(12-28-20)11-24-16-4-6-17(7-5-16)25-19(27)13-8-14(22)10-15(23)9-13/h8-10,12,16-17,24H,4-7,11H2,1-3H3,(H,25,27). The number of aromatic nitrogens is 1. The molecule has 0 saturated heterocycles. The average molecular weight is 408 g/mol. The first-order valence-electron chi connectivity index (χ1n) is 9.66. The van der Waals surface area contributed by atoms with E-state index in [0.29, 0.717) is 12.6 Å². The summed E-state index contributed by atoms with van der Waals surface area (Å²) in [6, 6.07) is 4.35. The highest BCUT2D eigenvalue weighted by Gasteiger charge is 2.24. The lowest BCUT2D eigenvalue weighted by Crippen LogP contribution is -2.42. The topological polar surface area (TPSA) is 67.2 Å². The first-order chi connectivity index (χ1) is 13.2. The molecule has 152 valence electrons. The molecule has 1 amide bonds. The number of oxazole rings is 1. The van der Waals surface area contributed by atoms with Gasteiger partial charge in [0, 0.05) is 34.6 Å². The summed E-state index contributed by atoms with van der Waals surface area (Å²) in [5.74, 6) is -0.0451. The van der Waals surface area contributed by atoms with Crippen LogP contribution in [0.4, 0.5) is 4.39 Å². The third-order valence-corrected chi connectivity index (χ3v) is 5.17. The molecule has 7 heteroatoms. The molecule has 1 aliphatic carbocycles. The van der Waals surface area contributed by atoms with E-state index in [-0.39, 0.29) is 28.0 Å². The maximum absolute atomic E-state index is 13.4. The summed E-state index contributed by atoms with van der Waals surface area (Å²) in [6.07, 6.45) is 5.37. The van der Waals surface area contributed by atoms with Crippen LogP contribution in [0, 0.1) is 5.82 Å². The van der Waals surface area contributed by atoms with Crippen molar-refractivity contribution in [2.45, 2.75) is 70.5 Å². The molecule has 1 aromatic carbocycles. The Kier molecular flexibility index (Phi) is 6.40. The summed E-state index contributed by atoms with van der Waals surface area (Å²) in [6.45, 7) is 6.89. The molecule has 1 heterocycles. The van der Waals surface area contributed by atoms with Crippen LogP contribution >= 0.6 is 11.6 Å². The number of hydrogen-bond donors (Lipinski definition) is 2. The molecule has 0 aliphatic heterocycles. The van der Waals surface area contributed by atoms with Crippen LogP contribution in [0.1, 0.15) is 68.4 Å². The van der Waals surface area contributed by atoms with Gasteiger partial charge in [-0.15, -0.1) is 0 Å². The second-order valence-electron chi connectivity index (χ2n) is 8.46. The number of carbonyl (C=O) groups is 1. The van der Waals surface area contributed by atoms with E-state index in [9.17, 15) is 9.18 Å². The van der Waals surface area contributed by atoms with Crippen molar-refractivity contribution in [2.75, 3.05) is 0 Å². The quantitative estimate of drug-likeness (QED) is 0.760.